The van der Waals surface area contributed by atoms with E-state index < -0.39 is 5.60 Å². The number of aromatic nitrogens is 2. The molecule has 1 aromatic heterocycles. The van der Waals surface area contributed by atoms with E-state index in [1.54, 1.807) is 0 Å². The molecule has 0 amide bonds. The third-order valence-electron chi connectivity index (χ3n) is 5.15. The fraction of sp³-hybridized carbons (Fsp3) is 0.526. The summed E-state index contributed by atoms with van der Waals surface area (Å²) in [5.74, 6) is 0.289. The first-order chi connectivity index (χ1) is 10.9. The standard InChI is InChI=1S/C19H27N3O/c1-14-12-21(10-9-19(14,4)23)13-17-7-5-6-8-18(17)22-16(3)11-15(2)20-22/h5-8,11,14,23H,9-10,12-13H2,1-4H3/t14-,19+/m1/s1. The fourth-order valence-corrected chi connectivity index (χ4v) is 3.41. The Morgan fingerprint density at radius 1 is 1.30 bits per heavy atom. The molecule has 0 aliphatic carbocycles. The van der Waals surface area contributed by atoms with Gasteiger partial charge in [-0.3, -0.25) is 4.90 Å². The van der Waals surface area contributed by atoms with Crippen molar-refractivity contribution < 1.29 is 5.11 Å². The topological polar surface area (TPSA) is 41.3 Å². The second kappa shape index (κ2) is 6.10. The molecule has 1 N–H and O–H groups in total. The lowest BCUT2D eigenvalue weighted by molar-refractivity contribution is -0.0523. The first-order valence-corrected chi connectivity index (χ1v) is 8.43. The number of hydrogen-bond acceptors (Lipinski definition) is 3. The molecular formula is C19H27N3O. The summed E-state index contributed by atoms with van der Waals surface area (Å²) in [7, 11) is 0. The van der Waals surface area contributed by atoms with Gasteiger partial charge in [-0.15, -0.1) is 0 Å². The highest BCUT2D eigenvalue weighted by molar-refractivity contribution is 5.42. The highest BCUT2D eigenvalue weighted by Crippen LogP contribution is 2.29. The second-order valence-corrected chi connectivity index (χ2v) is 7.21. The van der Waals surface area contributed by atoms with Crippen molar-refractivity contribution in [2.24, 2.45) is 5.92 Å². The molecule has 1 fully saturated rings. The number of aliphatic hydroxyl groups is 1. The zero-order valence-corrected chi connectivity index (χ0v) is 14.6. The number of nitrogens with zero attached hydrogens (tertiary/aromatic N) is 3. The Balaban J connectivity index is 1.83. The van der Waals surface area contributed by atoms with Crippen molar-refractivity contribution in [1.82, 2.24) is 14.7 Å². The Bertz CT molecular complexity index is 690. The van der Waals surface area contributed by atoms with Crippen molar-refractivity contribution in [3.05, 3.63) is 47.3 Å². The maximum atomic E-state index is 10.4. The molecule has 23 heavy (non-hydrogen) atoms. The largest absolute Gasteiger partial charge is 0.390 e. The summed E-state index contributed by atoms with van der Waals surface area (Å²) in [5.41, 5.74) is 4.10. The Labute approximate surface area is 138 Å². The van der Waals surface area contributed by atoms with Gasteiger partial charge < -0.3 is 5.11 Å². The van der Waals surface area contributed by atoms with Gasteiger partial charge in [-0.2, -0.15) is 5.10 Å². The molecule has 1 saturated heterocycles. The van der Waals surface area contributed by atoms with E-state index in [2.05, 4.69) is 54.2 Å². The number of para-hydroxylation sites is 1. The summed E-state index contributed by atoms with van der Waals surface area (Å²) in [4.78, 5) is 2.44. The van der Waals surface area contributed by atoms with Gasteiger partial charge in [0.05, 0.1) is 17.0 Å². The van der Waals surface area contributed by atoms with Gasteiger partial charge in [-0.25, -0.2) is 4.68 Å². The predicted octanol–water partition coefficient (Wildman–Crippen LogP) is 3.08. The summed E-state index contributed by atoms with van der Waals surface area (Å²) >= 11 is 0. The van der Waals surface area contributed by atoms with E-state index >= 15 is 0 Å². The molecule has 1 aromatic carbocycles. The molecule has 0 saturated carbocycles. The zero-order chi connectivity index (χ0) is 16.6. The lowest BCUT2D eigenvalue weighted by Gasteiger charge is -2.41. The molecular weight excluding hydrogens is 286 g/mol. The monoisotopic (exact) mass is 313 g/mol. The molecule has 1 aliphatic rings. The minimum atomic E-state index is -0.536. The van der Waals surface area contributed by atoms with Crippen LogP contribution in [0.2, 0.25) is 0 Å². The van der Waals surface area contributed by atoms with Crippen LogP contribution >= 0.6 is 0 Å². The van der Waals surface area contributed by atoms with Crippen LogP contribution in [0.4, 0.5) is 0 Å². The predicted molar refractivity (Wildman–Crippen MR) is 92.7 cm³/mol. The maximum absolute atomic E-state index is 10.4. The number of benzene rings is 1. The van der Waals surface area contributed by atoms with E-state index in [9.17, 15) is 5.11 Å². The van der Waals surface area contributed by atoms with E-state index in [1.807, 2.05) is 18.5 Å². The maximum Gasteiger partial charge on any atom is 0.0693 e. The normalized spacial score (nSPS) is 25.7. The van der Waals surface area contributed by atoms with Gasteiger partial charge >= 0.3 is 0 Å². The lowest BCUT2D eigenvalue weighted by Crippen LogP contribution is -2.48. The van der Waals surface area contributed by atoms with Crippen molar-refractivity contribution in [2.75, 3.05) is 13.1 Å². The quantitative estimate of drug-likeness (QED) is 0.947. The van der Waals surface area contributed by atoms with Crippen molar-refractivity contribution in [1.29, 1.82) is 0 Å². The molecule has 2 aromatic rings. The van der Waals surface area contributed by atoms with E-state index in [0.717, 1.165) is 43.1 Å². The summed E-state index contributed by atoms with van der Waals surface area (Å²) in [6.07, 6.45) is 0.830. The summed E-state index contributed by atoms with van der Waals surface area (Å²) in [6.45, 7) is 11.0. The lowest BCUT2D eigenvalue weighted by atomic mass is 9.84. The Morgan fingerprint density at radius 3 is 2.70 bits per heavy atom. The van der Waals surface area contributed by atoms with Gasteiger partial charge in [-0.05, 0) is 50.8 Å². The van der Waals surface area contributed by atoms with Gasteiger partial charge in [0.1, 0.15) is 0 Å². The first kappa shape index (κ1) is 16.2. The van der Waals surface area contributed by atoms with Crippen LogP contribution in [0.5, 0.6) is 0 Å². The second-order valence-electron chi connectivity index (χ2n) is 7.21. The average Bonchev–Trinajstić information content (AvgIpc) is 2.82. The minimum Gasteiger partial charge on any atom is -0.390 e. The third kappa shape index (κ3) is 3.33. The Kier molecular flexibility index (Phi) is 4.30. The van der Waals surface area contributed by atoms with Gasteiger partial charge in [0.15, 0.2) is 0 Å². The van der Waals surface area contributed by atoms with Crippen LogP contribution in [0.1, 0.15) is 37.2 Å². The highest BCUT2D eigenvalue weighted by Gasteiger charge is 2.34. The number of aryl methyl sites for hydroxylation is 2. The Morgan fingerprint density at radius 2 is 2.04 bits per heavy atom. The van der Waals surface area contributed by atoms with Crippen LogP contribution in [0, 0.1) is 19.8 Å². The molecule has 124 valence electrons. The fourth-order valence-electron chi connectivity index (χ4n) is 3.41. The average molecular weight is 313 g/mol. The molecule has 0 spiro atoms. The van der Waals surface area contributed by atoms with Crippen molar-refractivity contribution in [3.8, 4) is 5.69 Å². The number of rotatable bonds is 3. The molecule has 4 heteroatoms. The zero-order valence-electron chi connectivity index (χ0n) is 14.6. The van der Waals surface area contributed by atoms with E-state index in [-0.39, 0.29) is 5.92 Å². The van der Waals surface area contributed by atoms with Crippen LogP contribution < -0.4 is 0 Å². The number of piperidine rings is 1. The molecule has 1 aliphatic heterocycles. The molecule has 0 radical (unpaired) electrons. The summed E-state index contributed by atoms with van der Waals surface area (Å²) in [6, 6.07) is 10.6. The van der Waals surface area contributed by atoms with E-state index in [0.29, 0.717) is 0 Å². The number of likely N-dealkylation sites (tertiary alicyclic amines) is 1. The summed E-state index contributed by atoms with van der Waals surface area (Å²) in [5, 5.41) is 15.0. The van der Waals surface area contributed by atoms with Gasteiger partial charge in [0.2, 0.25) is 0 Å². The minimum absolute atomic E-state index is 0.289. The molecule has 2 atom stereocenters. The molecule has 0 bridgehead atoms. The number of hydrogen-bond donors (Lipinski definition) is 1. The van der Waals surface area contributed by atoms with Gasteiger partial charge in [0, 0.05) is 25.3 Å². The smallest absolute Gasteiger partial charge is 0.0693 e. The van der Waals surface area contributed by atoms with E-state index in [1.165, 1.54) is 5.56 Å². The van der Waals surface area contributed by atoms with Crippen molar-refractivity contribution >= 4 is 0 Å². The van der Waals surface area contributed by atoms with Crippen LogP contribution in [0.25, 0.3) is 5.69 Å². The van der Waals surface area contributed by atoms with E-state index in [4.69, 9.17) is 0 Å². The molecule has 2 heterocycles. The van der Waals surface area contributed by atoms with Crippen LogP contribution in [0.3, 0.4) is 0 Å². The third-order valence-corrected chi connectivity index (χ3v) is 5.15. The van der Waals surface area contributed by atoms with Crippen LogP contribution in [0.15, 0.2) is 30.3 Å². The van der Waals surface area contributed by atoms with Crippen molar-refractivity contribution in [2.45, 2.75) is 46.3 Å². The molecule has 4 nitrogen and oxygen atoms in total. The van der Waals surface area contributed by atoms with Crippen LogP contribution in [-0.2, 0) is 6.54 Å². The van der Waals surface area contributed by atoms with Crippen LogP contribution in [-0.4, -0.2) is 38.5 Å². The first-order valence-electron chi connectivity index (χ1n) is 8.43. The van der Waals surface area contributed by atoms with Gasteiger partial charge in [0.25, 0.3) is 0 Å². The highest BCUT2D eigenvalue weighted by atomic mass is 16.3. The summed E-state index contributed by atoms with van der Waals surface area (Å²) < 4.78 is 2.04. The molecule has 0 unspecified atom stereocenters. The SMILES string of the molecule is Cc1cc(C)n(-c2ccccc2CN2CC[C@](C)(O)[C@H](C)C2)n1. The van der Waals surface area contributed by atoms with Crippen molar-refractivity contribution in [3.63, 3.8) is 0 Å². The van der Waals surface area contributed by atoms with Gasteiger partial charge in [-0.1, -0.05) is 25.1 Å². The Hall–Kier alpha value is -1.65. The molecule has 3 rings (SSSR count).